The topological polar surface area (TPSA) is 80.5 Å². The van der Waals surface area contributed by atoms with Crippen molar-refractivity contribution < 1.29 is 13.2 Å². The van der Waals surface area contributed by atoms with Gasteiger partial charge in [-0.25, -0.2) is 8.42 Å². The van der Waals surface area contributed by atoms with Crippen LogP contribution in [0.1, 0.15) is 30.4 Å². The van der Waals surface area contributed by atoms with Crippen LogP contribution in [0.2, 0.25) is 0 Å². The van der Waals surface area contributed by atoms with E-state index in [1.165, 1.54) is 0 Å². The first-order chi connectivity index (χ1) is 9.90. The van der Waals surface area contributed by atoms with E-state index in [2.05, 4.69) is 0 Å². The predicted molar refractivity (Wildman–Crippen MR) is 83.1 cm³/mol. The van der Waals surface area contributed by atoms with E-state index in [0.717, 1.165) is 29.7 Å². The molecule has 5 nitrogen and oxygen atoms in total. The maximum atomic E-state index is 12.7. The molecule has 0 aromatic heterocycles. The highest BCUT2D eigenvalue weighted by Gasteiger charge is 2.39. The van der Waals surface area contributed by atoms with Gasteiger partial charge in [-0.05, 0) is 43.4 Å². The summed E-state index contributed by atoms with van der Waals surface area (Å²) in [6, 6.07) is 3.79. The largest absolute Gasteiger partial charge is 0.398 e. The highest BCUT2D eigenvalue weighted by molar-refractivity contribution is 7.92. The highest BCUT2D eigenvalue weighted by Crippen LogP contribution is 2.34. The summed E-state index contributed by atoms with van der Waals surface area (Å²) in [5, 5.41) is -0.875. The van der Waals surface area contributed by atoms with Crippen LogP contribution in [0.4, 0.5) is 11.4 Å². The molecule has 3 rings (SSSR count). The standard InChI is InChI=1S/C15H20N2O3S/c1-10-8-11-5-6-17(13(11)9-12(10)16)15(18)14-4-2-3-7-21(14,19)20/h8-9,14H,2-7,16H2,1H3. The van der Waals surface area contributed by atoms with Gasteiger partial charge in [-0.15, -0.1) is 0 Å². The zero-order valence-electron chi connectivity index (χ0n) is 12.1. The fraction of sp³-hybridized carbons (Fsp3) is 0.533. The Hall–Kier alpha value is -1.56. The molecule has 1 fully saturated rings. The lowest BCUT2D eigenvalue weighted by Crippen LogP contribution is -2.44. The van der Waals surface area contributed by atoms with Crippen LogP contribution in [0.15, 0.2) is 12.1 Å². The minimum absolute atomic E-state index is 0.125. The first-order valence-electron chi connectivity index (χ1n) is 7.32. The average Bonchev–Trinajstić information content (AvgIpc) is 2.81. The molecule has 114 valence electrons. The van der Waals surface area contributed by atoms with Gasteiger partial charge in [-0.3, -0.25) is 4.79 Å². The number of anilines is 2. The van der Waals surface area contributed by atoms with Crippen molar-refractivity contribution in [3.63, 3.8) is 0 Å². The summed E-state index contributed by atoms with van der Waals surface area (Å²) in [5.41, 5.74) is 9.42. The minimum Gasteiger partial charge on any atom is -0.398 e. The van der Waals surface area contributed by atoms with Gasteiger partial charge < -0.3 is 10.6 Å². The molecule has 0 radical (unpaired) electrons. The number of amides is 1. The number of nitrogens with zero attached hydrogens (tertiary/aromatic N) is 1. The van der Waals surface area contributed by atoms with Crippen molar-refractivity contribution in [2.45, 2.75) is 37.9 Å². The number of hydrogen-bond acceptors (Lipinski definition) is 4. The first kappa shape index (κ1) is 14.4. The predicted octanol–water partition coefficient (Wildman–Crippen LogP) is 1.43. The van der Waals surface area contributed by atoms with Gasteiger partial charge in [-0.2, -0.15) is 0 Å². The molecule has 2 aliphatic rings. The second-order valence-electron chi connectivity index (χ2n) is 5.93. The maximum absolute atomic E-state index is 12.7. The van der Waals surface area contributed by atoms with Gasteiger partial charge in [0.05, 0.1) is 5.75 Å². The van der Waals surface area contributed by atoms with Crippen LogP contribution >= 0.6 is 0 Å². The van der Waals surface area contributed by atoms with Crippen molar-refractivity contribution in [1.82, 2.24) is 0 Å². The summed E-state index contributed by atoms with van der Waals surface area (Å²) in [4.78, 5) is 14.3. The van der Waals surface area contributed by atoms with Crippen molar-refractivity contribution in [2.24, 2.45) is 0 Å². The van der Waals surface area contributed by atoms with Gasteiger partial charge in [0.25, 0.3) is 0 Å². The number of nitrogens with two attached hydrogens (primary N) is 1. The van der Waals surface area contributed by atoms with Gasteiger partial charge in [-0.1, -0.05) is 12.5 Å². The van der Waals surface area contributed by atoms with Crippen LogP contribution in [-0.4, -0.2) is 31.9 Å². The number of rotatable bonds is 1. The number of carbonyl (C=O) groups is 1. The molecule has 0 spiro atoms. The fourth-order valence-electron chi connectivity index (χ4n) is 3.21. The van der Waals surface area contributed by atoms with E-state index in [1.54, 1.807) is 11.0 Å². The zero-order valence-corrected chi connectivity index (χ0v) is 12.9. The second kappa shape index (κ2) is 5.02. The van der Waals surface area contributed by atoms with Crippen molar-refractivity contribution in [3.8, 4) is 0 Å². The lowest BCUT2D eigenvalue weighted by molar-refractivity contribution is -0.118. The summed E-state index contributed by atoms with van der Waals surface area (Å²) in [6.45, 7) is 2.48. The Morgan fingerprint density at radius 2 is 2.10 bits per heavy atom. The summed E-state index contributed by atoms with van der Waals surface area (Å²) in [7, 11) is -3.30. The molecule has 1 unspecified atom stereocenters. The first-order valence-corrected chi connectivity index (χ1v) is 9.03. The molecule has 21 heavy (non-hydrogen) atoms. The average molecular weight is 308 g/mol. The number of fused-ring (bicyclic) bond motifs is 1. The highest BCUT2D eigenvalue weighted by atomic mass is 32.2. The van der Waals surface area contributed by atoms with E-state index >= 15 is 0 Å². The van der Waals surface area contributed by atoms with E-state index in [1.807, 2.05) is 13.0 Å². The van der Waals surface area contributed by atoms with Crippen LogP contribution in [0.3, 0.4) is 0 Å². The third-order valence-electron chi connectivity index (χ3n) is 4.48. The number of benzene rings is 1. The van der Waals surface area contributed by atoms with Crippen LogP contribution in [0, 0.1) is 6.92 Å². The normalized spacial score (nSPS) is 23.9. The molecule has 1 aromatic rings. The number of aryl methyl sites for hydroxylation is 1. The van der Waals surface area contributed by atoms with Gasteiger partial charge >= 0.3 is 0 Å². The van der Waals surface area contributed by atoms with Gasteiger partial charge in [0.15, 0.2) is 9.84 Å². The molecule has 6 heteroatoms. The number of nitrogen functional groups attached to an aromatic ring is 1. The smallest absolute Gasteiger partial charge is 0.245 e. The molecule has 1 aromatic carbocycles. The van der Waals surface area contributed by atoms with E-state index in [0.29, 0.717) is 25.1 Å². The van der Waals surface area contributed by atoms with Crippen LogP contribution in [0.5, 0.6) is 0 Å². The van der Waals surface area contributed by atoms with E-state index < -0.39 is 15.1 Å². The molecule has 0 bridgehead atoms. The Morgan fingerprint density at radius 1 is 1.33 bits per heavy atom. The summed E-state index contributed by atoms with van der Waals surface area (Å²) in [5.74, 6) is -0.156. The Bertz CT molecular complexity index is 697. The van der Waals surface area contributed by atoms with E-state index in [-0.39, 0.29) is 11.7 Å². The molecule has 2 N–H and O–H groups in total. The Morgan fingerprint density at radius 3 is 2.81 bits per heavy atom. The second-order valence-corrected chi connectivity index (χ2v) is 8.23. The molecule has 1 amide bonds. The van der Waals surface area contributed by atoms with Crippen molar-refractivity contribution in [2.75, 3.05) is 22.9 Å². The van der Waals surface area contributed by atoms with Gasteiger partial charge in [0.2, 0.25) is 5.91 Å². The Kier molecular flexibility index (Phi) is 3.43. The quantitative estimate of drug-likeness (QED) is 0.796. The number of hydrogen-bond donors (Lipinski definition) is 1. The summed E-state index contributed by atoms with van der Waals surface area (Å²) < 4.78 is 24.3. The molecular formula is C15H20N2O3S. The third kappa shape index (κ3) is 2.41. The lowest BCUT2D eigenvalue weighted by atomic mass is 10.1. The SMILES string of the molecule is Cc1cc2c(cc1N)N(C(=O)C1CCCCS1(=O)=O)CC2. The summed E-state index contributed by atoms with van der Waals surface area (Å²) >= 11 is 0. The van der Waals surface area contributed by atoms with Crippen molar-refractivity contribution in [3.05, 3.63) is 23.3 Å². The van der Waals surface area contributed by atoms with Crippen LogP contribution in [-0.2, 0) is 21.1 Å². The molecule has 0 saturated carbocycles. The summed E-state index contributed by atoms with van der Waals surface area (Å²) in [6.07, 6.45) is 2.66. The molecule has 1 atom stereocenters. The minimum atomic E-state index is -3.30. The number of sulfone groups is 1. The van der Waals surface area contributed by atoms with Gasteiger partial charge in [0.1, 0.15) is 5.25 Å². The maximum Gasteiger partial charge on any atom is 0.245 e. The monoisotopic (exact) mass is 308 g/mol. The molecular weight excluding hydrogens is 288 g/mol. The molecule has 0 aliphatic carbocycles. The van der Waals surface area contributed by atoms with Crippen LogP contribution in [0.25, 0.3) is 0 Å². The van der Waals surface area contributed by atoms with Crippen molar-refractivity contribution in [1.29, 1.82) is 0 Å². The molecule has 2 aliphatic heterocycles. The Labute approximate surface area is 125 Å². The molecule has 2 heterocycles. The van der Waals surface area contributed by atoms with E-state index in [9.17, 15) is 13.2 Å². The molecule has 1 saturated heterocycles. The van der Waals surface area contributed by atoms with Crippen LogP contribution < -0.4 is 10.6 Å². The van der Waals surface area contributed by atoms with Crippen molar-refractivity contribution >= 4 is 27.1 Å². The zero-order chi connectivity index (χ0) is 15.2. The van der Waals surface area contributed by atoms with Gasteiger partial charge in [0, 0.05) is 17.9 Å². The third-order valence-corrected chi connectivity index (χ3v) is 6.65. The van der Waals surface area contributed by atoms with E-state index in [4.69, 9.17) is 5.73 Å². The number of carbonyl (C=O) groups excluding carboxylic acids is 1. The lowest BCUT2D eigenvalue weighted by Gasteiger charge is -2.26. The Balaban J connectivity index is 1.93. The fourth-order valence-corrected chi connectivity index (χ4v) is 5.06.